The number of rotatable bonds is 1. The first-order chi connectivity index (χ1) is 9.15. The number of hydrogen-bond donors (Lipinski definition) is 0. The molecular weight excluding hydrogens is 230 g/mol. The van der Waals surface area contributed by atoms with Crippen LogP contribution in [0, 0.1) is 20.8 Å². The molecule has 0 aliphatic heterocycles. The molecule has 0 fully saturated rings. The predicted octanol–water partition coefficient (Wildman–Crippen LogP) is 4.83. The van der Waals surface area contributed by atoms with Crippen molar-refractivity contribution in [3.8, 4) is 11.3 Å². The van der Waals surface area contributed by atoms with Crippen LogP contribution in [0.1, 0.15) is 16.7 Å². The molecule has 0 N–H and O–H groups in total. The molecule has 0 atom stereocenters. The summed E-state index contributed by atoms with van der Waals surface area (Å²) in [5.74, 6) is 0. The van der Waals surface area contributed by atoms with Crippen LogP contribution in [0.2, 0.25) is 0 Å². The summed E-state index contributed by atoms with van der Waals surface area (Å²) < 4.78 is 0. The van der Waals surface area contributed by atoms with Crippen LogP contribution in [0.4, 0.5) is 0 Å². The normalized spacial score (nSPS) is 10.9. The van der Waals surface area contributed by atoms with Crippen LogP contribution in [0.5, 0.6) is 0 Å². The lowest BCUT2D eigenvalue weighted by Gasteiger charge is -2.10. The van der Waals surface area contributed by atoms with E-state index in [2.05, 4.69) is 63.2 Å². The van der Waals surface area contributed by atoms with Crippen molar-refractivity contribution in [1.82, 2.24) is 4.98 Å². The Labute approximate surface area is 113 Å². The van der Waals surface area contributed by atoms with Crippen molar-refractivity contribution in [3.63, 3.8) is 0 Å². The minimum Gasteiger partial charge on any atom is -0.247 e. The molecule has 0 amide bonds. The van der Waals surface area contributed by atoms with Crippen molar-refractivity contribution >= 4 is 10.9 Å². The molecule has 94 valence electrons. The highest BCUT2D eigenvalue weighted by molar-refractivity contribution is 5.86. The third-order valence-electron chi connectivity index (χ3n) is 3.52. The van der Waals surface area contributed by atoms with Gasteiger partial charge in [0.1, 0.15) is 0 Å². The molecule has 19 heavy (non-hydrogen) atoms. The topological polar surface area (TPSA) is 12.9 Å². The Bertz CT molecular complexity index is 742. The van der Waals surface area contributed by atoms with Crippen LogP contribution >= 0.6 is 0 Å². The standard InChI is InChI=1S/C18H17N/c1-12-9-13(2)16-11-14(3)18(19-17(16)10-12)15-7-5-4-6-8-15/h4-11H,1-3H3. The molecule has 0 saturated carbocycles. The van der Waals surface area contributed by atoms with E-state index in [0.717, 1.165) is 11.2 Å². The molecule has 3 rings (SSSR count). The van der Waals surface area contributed by atoms with Gasteiger partial charge in [0.25, 0.3) is 0 Å². The molecule has 0 spiro atoms. The van der Waals surface area contributed by atoms with Gasteiger partial charge in [0.05, 0.1) is 11.2 Å². The largest absolute Gasteiger partial charge is 0.247 e. The van der Waals surface area contributed by atoms with Crippen molar-refractivity contribution < 1.29 is 0 Å². The second-order valence-electron chi connectivity index (χ2n) is 5.17. The Kier molecular flexibility index (Phi) is 2.83. The number of aromatic nitrogens is 1. The second-order valence-corrected chi connectivity index (χ2v) is 5.17. The first kappa shape index (κ1) is 11.9. The van der Waals surface area contributed by atoms with Gasteiger partial charge in [-0.3, -0.25) is 0 Å². The molecule has 0 aliphatic carbocycles. The van der Waals surface area contributed by atoms with Gasteiger partial charge in [0, 0.05) is 10.9 Å². The predicted molar refractivity (Wildman–Crippen MR) is 81.4 cm³/mol. The van der Waals surface area contributed by atoms with E-state index in [9.17, 15) is 0 Å². The highest BCUT2D eigenvalue weighted by atomic mass is 14.7. The number of aryl methyl sites for hydroxylation is 3. The van der Waals surface area contributed by atoms with Gasteiger partial charge in [0.15, 0.2) is 0 Å². The number of pyridine rings is 1. The van der Waals surface area contributed by atoms with Gasteiger partial charge in [0.2, 0.25) is 0 Å². The summed E-state index contributed by atoms with van der Waals surface area (Å²) >= 11 is 0. The third-order valence-corrected chi connectivity index (χ3v) is 3.52. The summed E-state index contributed by atoms with van der Waals surface area (Å²) in [6, 6.07) is 17.0. The van der Waals surface area contributed by atoms with Crippen LogP contribution in [-0.2, 0) is 0 Å². The second kappa shape index (κ2) is 4.51. The van der Waals surface area contributed by atoms with E-state index in [1.807, 2.05) is 6.07 Å². The molecule has 1 heterocycles. The Hall–Kier alpha value is -2.15. The fourth-order valence-electron chi connectivity index (χ4n) is 2.62. The highest BCUT2D eigenvalue weighted by Gasteiger charge is 2.07. The minimum atomic E-state index is 1.08. The minimum absolute atomic E-state index is 1.08. The summed E-state index contributed by atoms with van der Waals surface area (Å²) in [7, 11) is 0. The number of benzene rings is 2. The quantitative estimate of drug-likeness (QED) is 0.600. The first-order valence-corrected chi connectivity index (χ1v) is 6.59. The molecule has 1 nitrogen and oxygen atoms in total. The van der Waals surface area contributed by atoms with E-state index < -0.39 is 0 Å². The maximum absolute atomic E-state index is 4.87. The molecule has 2 aromatic carbocycles. The third kappa shape index (κ3) is 2.12. The van der Waals surface area contributed by atoms with E-state index in [1.54, 1.807) is 0 Å². The number of hydrogen-bond acceptors (Lipinski definition) is 1. The monoisotopic (exact) mass is 247 g/mol. The number of fused-ring (bicyclic) bond motifs is 1. The molecule has 0 aliphatic rings. The lowest BCUT2D eigenvalue weighted by Crippen LogP contribution is -1.92. The van der Waals surface area contributed by atoms with E-state index in [-0.39, 0.29) is 0 Å². The van der Waals surface area contributed by atoms with Crippen molar-refractivity contribution in [2.45, 2.75) is 20.8 Å². The molecule has 0 saturated heterocycles. The summed E-state index contributed by atoms with van der Waals surface area (Å²) in [4.78, 5) is 4.87. The fraction of sp³-hybridized carbons (Fsp3) is 0.167. The van der Waals surface area contributed by atoms with Crippen LogP contribution in [-0.4, -0.2) is 4.98 Å². The molecule has 1 aromatic heterocycles. The lowest BCUT2D eigenvalue weighted by molar-refractivity contribution is 1.30. The van der Waals surface area contributed by atoms with Gasteiger partial charge in [-0.05, 0) is 49.6 Å². The first-order valence-electron chi connectivity index (χ1n) is 6.59. The molecular formula is C18H17N. The summed E-state index contributed by atoms with van der Waals surface area (Å²) in [6.07, 6.45) is 0. The highest BCUT2D eigenvalue weighted by Crippen LogP contribution is 2.27. The van der Waals surface area contributed by atoms with Crippen LogP contribution in [0.15, 0.2) is 48.5 Å². The van der Waals surface area contributed by atoms with E-state index in [0.29, 0.717) is 0 Å². The Morgan fingerprint density at radius 1 is 0.789 bits per heavy atom. The van der Waals surface area contributed by atoms with Crippen LogP contribution in [0.25, 0.3) is 22.2 Å². The van der Waals surface area contributed by atoms with E-state index >= 15 is 0 Å². The smallest absolute Gasteiger partial charge is 0.0738 e. The van der Waals surface area contributed by atoms with Gasteiger partial charge in [-0.25, -0.2) is 4.98 Å². The average Bonchev–Trinajstić information content (AvgIpc) is 2.40. The molecule has 0 radical (unpaired) electrons. The molecule has 3 aromatic rings. The Balaban J connectivity index is 2.31. The summed E-state index contributed by atoms with van der Waals surface area (Å²) in [5.41, 5.74) is 7.14. The fourth-order valence-corrected chi connectivity index (χ4v) is 2.62. The van der Waals surface area contributed by atoms with Crippen LogP contribution in [0.3, 0.4) is 0 Å². The van der Waals surface area contributed by atoms with Gasteiger partial charge in [-0.15, -0.1) is 0 Å². The SMILES string of the molecule is Cc1cc(C)c2cc(C)c(-c3ccccc3)nc2c1. The van der Waals surface area contributed by atoms with Gasteiger partial charge < -0.3 is 0 Å². The molecule has 0 unspecified atom stereocenters. The average molecular weight is 247 g/mol. The van der Waals surface area contributed by atoms with E-state index in [4.69, 9.17) is 4.98 Å². The zero-order valence-electron chi connectivity index (χ0n) is 11.6. The molecule has 1 heteroatoms. The van der Waals surface area contributed by atoms with Crippen LogP contribution < -0.4 is 0 Å². The van der Waals surface area contributed by atoms with E-state index in [1.165, 1.54) is 27.6 Å². The van der Waals surface area contributed by atoms with Gasteiger partial charge in [-0.1, -0.05) is 36.4 Å². The molecule has 0 bridgehead atoms. The lowest BCUT2D eigenvalue weighted by atomic mass is 10.0. The zero-order chi connectivity index (χ0) is 13.4. The van der Waals surface area contributed by atoms with Crippen molar-refractivity contribution in [2.75, 3.05) is 0 Å². The van der Waals surface area contributed by atoms with Crippen molar-refractivity contribution in [2.24, 2.45) is 0 Å². The summed E-state index contributed by atoms with van der Waals surface area (Å²) in [6.45, 7) is 6.41. The van der Waals surface area contributed by atoms with Gasteiger partial charge >= 0.3 is 0 Å². The maximum atomic E-state index is 4.87. The zero-order valence-corrected chi connectivity index (χ0v) is 11.6. The van der Waals surface area contributed by atoms with Crippen molar-refractivity contribution in [1.29, 1.82) is 0 Å². The maximum Gasteiger partial charge on any atom is 0.0738 e. The van der Waals surface area contributed by atoms with Gasteiger partial charge in [-0.2, -0.15) is 0 Å². The Morgan fingerprint density at radius 2 is 1.53 bits per heavy atom. The summed E-state index contributed by atoms with van der Waals surface area (Å²) in [5, 5.41) is 1.25. The number of nitrogens with zero attached hydrogens (tertiary/aromatic N) is 1. The Morgan fingerprint density at radius 3 is 2.26 bits per heavy atom. The van der Waals surface area contributed by atoms with Crippen molar-refractivity contribution in [3.05, 3.63) is 65.2 Å².